The first-order valence-corrected chi connectivity index (χ1v) is 10.7. The lowest BCUT2D eigenvalue weighted by atomic mass is 9.93. The van der Waals surface area contributed by atoms with E-state index in [4.69, 9.17) is 4.42 Å². The number of benzene rings is 2. The van der Waals surface area contributed by atoms with E-state index in [0.29, 0.717) is 12.1 Å². The number of para-hydroxylation sites is 1. The molecule has 2 N–H and O–H groups in total. The second-order valence-electron chi connectivity index (χ2n) is 8.29. The molecule has 1 amide bonds. The number of carbonyl (C=O) groups is 1. The maximum Gasteiger partial charge on any atom is 0.256 e. The van der Waals surface area contributed by atoms with Gasteiger partial charge in [0.05, 0.1) is 5.57 Å². The molecule has 0 saturated heterocycles. The van der Waals surface area contributed by atoms with E-state index in [1.54, 1.807) is 0 Å². The van der Waals surface area contributed by atoms with Gasteiger partial charge < -0.3 is 15.1 Å². The van der Waals surface area contributed by atoms with Crippen molar-refractivity contribution in [3.63, 3.8) is 0 Å². The third-order valence-corrected chi connectivity index (χ3v) is 6.07. The predicted molar refractivity (Wildman–Crippen MR) is 122 cm³/mol. The Bertz CT molecular complexity index is 1160. The first-order valence-electron chi connectivity index (χ1n) is 10.7. The van der Waals surface area contributed by atoms with Gasteiger partial charge in [0.2, 0.25) is 0 Å². The molecule has 2 aliphatic rings. The lowest BCUT2D eigenvalue weighted by molar-refractivity contribution is -0.110. The SMILES string of the molecule is Cc1cc(C)c2c(c1)NC(=O)C2=Cc1oc2c(c1CNc1ccccc1)CCCC2. The van der Waals surface area contributed by atoms with Crippen molar-refractivity contribution in [1.82, 2.24) is 0 Å². The Morgan fingerprint density at radius 3 is 2.73 bits per heavy atom. The number of amides is 1. The molecule has 1 aliphatic carbocycles. The fourth-order valence-electron chi connectivity index (χ4n) is 4.71. The van der Waals surface area contributed by atoms with Crippen molar-refractivity contribution in [3.8, 4) is 0 Å². The van der Waals surface area contributed by atoms with Crippen LogP contribution in [0.5, 0.6) is 0 Å². The molecule has 152 valence electrons. The van der Waals surface area contributed by atoms with Crippen molar-refractivity contribution >= 4 is 28.9 Å². The molecule has 0 unspecified atom stereocenters. The fraction of sp³-hybridized carbons (Fsp3) is 0.269. The van der Waals surface area contributed by atoms with Crippen molar-refractivity contribution in [3.05, 3.63) is 81.8 Å². The highest BCUT2D eigenvalue weighted by Crippen LogP contribution is 2.39. The molecule has 5 rings (SSSR count). The molecule has 2 aromatic carbocycles. The molecule has 4 nitrogen and oxygen atoms in total. The maximum atomic E-state index is 12.8. The van der Waals surface area contributed by atoms with E-state index in [2.05, 4.69) is 42.7 Å². The number of anilines is 2. The van der Waals surface area contributed by atoms with Crippen molar-refractivity contribution in [2.75, 3.05) is 10.6 Å². The Kier molecular flexibility index (Phi) is 4.70. The summed E-state index contributed by atoms with van der Waals surface area (Å²) in [6.07, 6.45) is 6.29. The van der Waals surface area contributed by atoms with Crippen LogP contribution in [0.2, 0.25) is 0 Å². The molecule has 0 bridgehead atoms. The van der Waals surface area contributed by atoms with Crippen molar-refractivity contribution in [2.24, 2.45) is 0 Å². The van der Waals surface area contributed by atoms with Gasteiger partial charge in [0, 0.05) is 35.5 Å². The summed E-state index contributed by atoms with van der Waals surface area (Å²) in [5.74, 6) is 1.83. The van der Waals surface area contributed by atoms with Crippen LogP contribution in [0.15, 0.2) is 46.9 Å². The number of carbonyl (C=O) groups excluding carboxylic acids is 1. The van der Waals surface area contributed by atoms with Gasteiger partial charge in [-0.05, 0) is 74.1 Å². The van der Waals surface area contributed by atoms with Crippen LogP contribution in [0.25, 0.3) is 11.6 Å². The van der Waals surface area contributed by atoms with E-state index < -0.39 is 0 Å². The zero-order valence-electron chi connectivity index (χ0n) is 17.5. The Morgan fingerprint density at radius 1 is 1.10 bits per heavy atom. The minimum Gasteiger partial charge on any atom is -0.461 e. The minimum atomic E-state index is -0.0601. The molecule has 2 heterocycles. The topological polar surface area (TPSA) is 54.3 Å². The van der Waals surface area contributed by atoms with Gasteiger partial charge in [-0.2, -0.15) is 0 Å². The molecule has 0 spiro atoms. The molecule has 0 atom stereocenters. The molecule has 0 saturated carbocycles. The fourth-order valence-corrected chi connectivity index (χ4v) is 4.71. The van der Waals surface area contributed by atoms with Crippen molar-refractivity contribution in [2.45, 2.75) is 46.1 Å². The van der Waals surface area contributed by atoms with E-state index in [9.17, 15) is 4.79 Å². The highest BCUT2D eigenvalue weighted by Gasteiger charge is 2.28. The summed E-state index contributed by atoms with van der Waals surface area (Å²) in [7, 11) is 0. The maximum absolute atomic E-state index is 12.8. The average Bonchev–Trinajstić information content (AvgIpc) is 3.24. The molecule has 0 fully saturated rings. The van der Waals surface area contributed by atoms with Gasteiger partial charge >= 0.3 is 0 Å². The monoisotopic (exact) mass is 398 g/mol. The summed E-state index contributed by atoms with van der Waals surface area (Å²) in [5.41, 5.74) is 8.39. The molecular weight excluding hydrogens is 372 g/mol. The van der Waals surface area contributed by atoms with Crippen LogP contribution in [-0.4, -0.2) is 5.91 Å². The highest BCUT2D eigenvalue weighted by atomic mass is 16.3. The van der Waals surface area contributed by atoms with Crippen molar-refractivity contribution < 1.29 is 9.21 Å². The van der Waals surface area contributed by atoms with Gasteiger partial charge in [0.25, 0.3) is 5.91 Å². The minimum absolute atomic E-state index is 0.0601. The summed E-state index contributed by atoms with van der Waals surface area (Å²) in [6, 6.07) is 14.4. The highest BCUT2D eigenvalue weighted by molar-refractivity contribution is 6.35. The average molecular weight is 399 g/mol. The molecule has 1 aliphatic heterocycles. The van der Waals surface area contributed by atoms with Gasteiger partial charge in [-0.25, -0.2) is 0 Å². The number of fused-ring (bicyclic) bond motifs is 2. The Hall–Kier alpha value is -3.27. The van der Waals surface area contributed by atoms with E-state index >= 15 is 0 Å². The Morgan fingerprint density at radius 2 is 1.90 bits per heavy atom. The molecule has 3 aromatic rings. The second-order valence-corrected chi connectivity index (χ2v) is 8.29. The lowest BCUT2D eigenvalue weighted by Gasteiger charge is -2.12. The number of aryl methyl sites for hydroxylation is 3. The Balaban J connectivity index is 1.57. The van der Waals surface area contributed by atoms with E-state index in [0.717, 1.165) is 58.8 Å². The Labute approximate surface area is 177 Å². The van der Waals surface area contributed by atoms with E-state index in [1.165, 1.54) is 17.5 Å². The predicted octanol–water partition coefficient (Wildman–Crippen LogP) is 5.88. The van der Waals surface area contributed by atoms with Crippen LogP contribution < -0.4 is 10.6 Å². The van der Waals surface area contributed by atoms with Gasteiger partial charge in [-0.15, -0.1) is 0 Å². The molecule has 1 aromatic heterocycles. The van der Waals surface area contributed by atoms with Crippen molar-refractivity contribution in [1.29, 1.82) is 0 Å². The van der Waals surface area contributed by atoms with Crippen LogP contribution in [-0.2, 0) is 24.2 Å². The number of nitrogens with one attached hydrogen (secondary N) is 2. The van der Waals surface area contributed by atoms with Gasteiger partial charge in [0.1, 0.15) is 11.5 Å². The van der Waals surface area contributed by atoms with E-state index in [-0.39, 0.29) is 5.91 Å². The molecule has 4 heteroatoms. The van der Waals surface area contributed by atoms with Gasteiger partial charge in [-0.3, -0.25) is 4.79 Å². The van der Waals surface area contributed by atoms with Crippen LogP contribution in [0.3, 0.4) is 0 Å². The number of hydrogen-bond donors (Lipinski definition) is 2. The van der Waals surface area contributed by atoms with Crippen LogP contribution >= 0.6 is 0 Å². The van der Waals surface area contributed by atoms with Gasteiger partial charge in [0.15, 0.2) is 0 Å². The van der Waals surface area contributed by atoms with E-state index in [1.807, 2.05) is 30.3 Å². The number of furan rings is 1. The third kappa shape index (κ3) is 3.32. The zero-order chi connectivity index (χ0) is 20.7. The largest absolute Gasteiger partial charge is 0.461 e. The third-order valence-electron chi connectivity index (χ3n) is 6.07. The summed E-state index contributed by atoms with van der Waals surface area (Å²) >= 11 is 0. The van der Waals surface area contributed by atoms with Gasteiger partial charge in [-0.1, -0.05) is 24.3 Å². The summed E-state index contributed by atoms with van der Waals surface area (Å²) in [4.78, 5) is 12.8. The zero-order valence-corrected chi connectivity index (χ0v) is 17.5. The van der Waals surface area contributed by atoms with Crippen LogP contribution in [0, 0.1) is 13.8 Å². The standard InChI is InChI=1S/C26H26N2O2/c1-16-12-17(2)25-20(26(29)28-22(25)13-16)14-24-21(15-27-18-8-4-3-5-9-18)19-10-6-7-11-23(19)30-24/h3-5,8-9,12-14,27H,6-7,10-11,15H2,1-2H3,(H,28,29). The first kappa shape index (κ1) is 18.7. The quantitative estimate of drug-likeness (QED) is 0.540. The summed E-state index contributed by atoms with van der Waals surface area (Å²) < 4.78 is 6.32. The number of rotatable bonds is 4. The van der Waals surface area contributed by atoms with Crippen LogP contribution in [0.1, 0.15) is 52.2 Å². The number of hydrogen-bond acceptors (Lipinski definition) is 3. The normalized spacial score (nSPS) is 16.3. The second kappa shape index (κ2) is 7.52. The summed E-state index contributed by atoms with van der Waals surface area (Å²) in [5, 5.41) is 6.55. The first-order chi connectivity index (χ1) is 14.6. The molecule has 0 radical (unpaired) electrons. The molecule has 30 heavy (non-hydrogen) atoms. The van der Waals surface area contributed by atoms with Crippen LogP contribution in [0.4, 0.5) is 11.4 Å². The smallest absolute Gasteiger partial charge is 0.256 e. The molecular formula is C26H26N2O2. The lowest BCUT2D eigenvalue weighted by Crippen LogP contribution is -2.06. The summed E-state index contributed by atoms with van der Waals surface area (Å²) in [6.45, 7) is 4.80.